The Labute approximate surface area is 197 Å². The Bertz CT molecular complexity index is 1110. The van der Waals surface area contributed by atoms with Crippen molar-refractivity contribution in [1.82, 2.24) is 0 Å². The molecule has 0 bridgehead atoms. The van der Waals surface area contributed by atoms with Crippen molar-refractivity contribution < 1.29 is 0 Å². The van der Waals surface area contributed by atoms with Gasteiger partial charge in [0.1, 0.15) is 0 Å². The molecule has 174 valence electrons. The summed E-state index contributed by atoms with van der Waals surface area (Å²) in [4.78, 5) is 0. The van der Waals surface area contributed by atoms with Gasteiger partial charge in [0.05, 0.1) is 0 Å². The number of hydrogen-bond donors (Lipinski definition) is 1. The molecule has 2 aromatic rings. The number of fused-ring (bicyclic) bond motifs is 2. The average Bonchev–Trinajstić information content (AvgIpc) is 2.87. The molecule has 0 saturated carbocycles. The minimum atomic E-state index is 0.0566. The van der Waals surface area contributed by atoms with Crippen LogP contribution in [0.25, 0.3) is 11.1 Å². The molecule has 1 heteroatoms. The molecule has 0 spiro atoms. The number of hydrogen-bond acceptors (Lipinski definition) is 1. The zero-order valence-corrected chi connectivity index (χ0v) is 22.9. The van der Waals surface area contributed by atoms with Gasteiger partial charge in [0.15, 0.2) is 0 Å². The molecule has 4 rings (SSSR count). The first-order valence-corrected chi connectivity index (χ1v) is 12.4. The molecule has 0 aliphatic heterocycles. The summed E-state index contributed by atoms with van der Waals surface area (Å²) < 4.78 is 0. The third kappa shape index (κ3) is 2.36. The van der Waals surface area contributed by atoms with E-state index >= 15 is 0 Å². The Kier molecular flexibility index (Phi) is 4.55. The molecule has 2 aromatic carbocycles. The summed E-state index contributed by atoms with van der Waals surface area (Å²) in [5.74, 6) is 0. The van der Waals surface area contributed by atoms with Gasteiger partial charge in [0.2, 0.25) is 0 Å². The van der Waals surface area contributed by atoms with E-state index in [0.717, 1.165) is 0 Å². The quantitative estimate of drug-likeness (QED) is 0.502. The van der Waals surface area contributed by atoms with Gasteiger partial charge in [0, 0.05) is 18.3 Å². The molecular weight excluding hydrogens is 386 g/mol. The second-order valence-electron chi connectivity index (χ2n) is 13.7. The van der Waals surface area contributed by atoms with Crippen LogP contribution >= 0.6 is 0 Å². The maximum atomic E-state index is 3.54. The Morgan fingerprint density at radius 3 is 1.56 bits per heavy atom. The van der Waals surface area contributed by atoms with Gasteiger partial charge in [-0.2, -0.15) is 0 Å². The Morgan fingerprint density at radius 2 is 1.00 bits per heavy atom. The van der Waals surface area contributed by atoms with E-state index in [2.05, 4.69) is 126 Å². The predicted octanol–water partition coefficient (Wildman–Crippen LogP) is 8.59. The second-order valence-corrected chi connectivity index (χ2v) is 13.7. The van der Waals surface area contributed by atoms with Crippen LogP contribution < -0.4 is 5.32 Å². The van der Waals surface area contributed by atoms with Crippen LogP contribution in [0.1, 0.15) is 105 Å². The average molecular weight is 432 g/mol. The molecule has 0 amide bonds. The fraction of sp³-hybridized carbons (Fsp3) is 0.613. The van der Waals surface area contributed by atoms with Gasteiger partial charge < -0.3 is 5.32 Å². The van der Waals surface area contributed by atoms with Crippen LogP contribution in [0.3, 0.4) is 0 Å². The second kappa shape index (κ2) is 6.22. The van der Waals surface area contributed by atoms with Crippen molar-refractivity contribution in [2.75, 3.05) is 12.4 Å². The molecular formula is C31H45N. The van der Waals surface area contributed by atoms with Crippen molar-refractivity contribution >= 4 is 5.69 Å². The normalized spacial score (nSPS) is 24.7. The van der Waals surface area contributed by atoms with Crippen LogP contribution in [0.2, 0.25) is 0 Å². The first kappa shape index (κ1) is 23.4. The lowest BCUT2D eigenvalue weighted by Crippen LogP contribution is -2.42. The number of benzene rings is 2. The largest absolute Gasteiger partial charge is 0.388 e. The summed E-state index contributed by atoms with van der Waals surface area (Å²) >= 11 is 0. The van der Waals surface area contributed by atoms with E-state index in [9.17, 15) is 0 Å². The highest BCUT2D eigenvalue weighted by Crippen LogP contribution is 2.65. The minimum absolute atomic E-state index is 0.0566. The van der Waals surface area contributed by atoms with Gasteiger partial charge in [-0.25, -0.2) is 0 Å². The first-order valence-electron chi connectivity index (χ1n) is 12.4. The minimum Gasteiger partial charge on any atom is -0.388 e. The highest BCUT2D eigenvalue weighted by atomic mass is 14.8. The van der Waals surface area contributed by atoms with Gasteiger partial charge in [-0.05, 0) is 66.4 Å². The Balaban J connectivity index is 2.07. The van der Waals surface area contributed by atoms with Crippen LogP contribution in [0.5, 0.6) is 0 Å². The van der Waals surface area contributed by atoms with Gasteiger partial charge in [-0.1, -0.05) is 107 Å². The van der Waals surface area contributed by atoms with Crippen molar-refractivity contribution in [3.63, 3.8) is 0 Å². The molecule has 0 aromatic heterocycles. The molecule has 0 atom stereocenters. The van der Waals surface area contributed by atoms with Crippen molar-refractivity contribution in [2.24, 2.45) is 10.8 Å². The first-order chi connectivity index (χ1) is 14.4. The molecule has 2 aliphatic carbocycles. The molecule has 1 nitrogen and oxygen atoms in total. The lowest BCUT2D eigenvalue weighted by Gasteiger charge is -2.45. The lowest BCUT2D eigenvalue weighted by atomic mass is 9.59. The van der Waals surface area contributed by atoms with E-state index in [1.54, 1.807) is 0 Å². The molecule has 0 unspecified atom stereocenters. The number of rotatable bonds is 2. The third-order valence-electron chi connectivity index (χ3n) is 11.7. The molecule has 0 radical (unpaired) electrons. The van der Waals surface area contributed by atoms with E-state index in [0.29, 0.717) is 0 Å². The Morgan fingerprint density at radius 1 is 0.531 bits per heavy atom. The maximum absolute atomic E-state index is 3.54. The van der Waals surface area contributed by atoms with Crippen LogP contribution in [-0.4, -0.2) is 7.05 Å². The zero-order chi connectivity index (χ0) is 24.3. The van der Waals surface area contributed by atoms with Crippen molar-refractivity contribution in [1.29, 1.82) is 0 Å². The molecule has 0 fully saturated rings. The summed E-state index contributed by atoms with van der Waals surface area (Å²) in [5.41, 5.74) is 10.8. The summed E-state index contributed by atoms with van der Waals surface area (Å²) in [5, 5.41) is 3.54. The highest BCUT2D eigenvalue weighted by molar-refractivity contribution is 5.85. The molecule has 0 saturated heterocycles. The van der Waals surface area contributed by atoms with Crippen molar-refractivity contribution in [2.45, 2.75) is 105 Å². The molecule has 2 aliphatic rings. The topological polar surface area (TPSA) is 12.0 Å². The Hall–Kier alpha value is -1.76. The predicted molar refractivity (Wildman–Crippen MR) is 141 cm³/mol. The summed E-state index contributed by atoms with van der Waals surface area (Å²) in [7, 11) is 2.06. The van der Waals surface area contributed by atoms with Crippen LogP contribution in [0.4, 0.5) is 5.69 Å². The zero-order valence-electron chi connectivity index (χ0n) is 22.9. The van der Waals surface area contributed by atoms with Gasteiger partial charge in [0.25, 0.3) is 0 Å². The lowest BCUT2D eigenvalue weighted by molar-refractivity contribution is 0.125. The molecule has 1 N–H and O–H groups in total. The molecule has 32 heavy (non-hydrogen) atoms. The molecule has 0 heterocycles. The van der Waals surface area contributed by atoms with Gasteiger partial charge >= 0.3 is 0 Å². The monoisotopic (exact) mass is 431 g/mol. The van der Waals surface area contributed by atoms with Crippen LogP contribution in [-0.2, 0) is 21.7 Å². The fourth-order valence-electron chi connectivity index (χ4n) is 6.93. The maximum Gasteiger partial charge on any atom is 0.0420 e. The van der Waals surface area contributed by atoms with Crippen molar-refractivity contribution in [3.05, 3.63) is 52.6 Å². The van der Waals surface area contributed by atoms with Gasteiger partial charge in [-0.15, -0.1) is 0 Å². The van der Waals surface area contributed by atoms with E-state index in [4.69, 9.17) is 0 Å². The van der Waals surface area contributed by atoms with E-state index in [-0.39, 0.29) is 32.5 Å². The van der Waals surface area contributed by atoms with Crippen LogP contribution in [0, 0.1) is 10.8 Å². The van der Waals surface area contributed by atoms with Crippen LogP contribution in [0.15, 0.2) is 30.3 Å². The van der Waals surface area contributed by atoms with Gasteiger partial charge in [-0.3, -0.25) is 0 Å². The van der Waals surface area contributed by atoms with Crippen molar-refractivity contribution in [3.8, 4) is 11.1 Å². The smallest absolute Gasteiger partial charge is 0.0420 e. The fourth-order valence-corrected chi connectivity index (χ4v) is 6.93. The highest BCUT2D eigenvalue weighted by Gasteiger charge is 2.59. The number of anilines is 1. The summed E-state index contributed by atoms with van der Waals surface area (Å²) in [6, 6.07) is 12.0. The van der Waals surface area contributed by atoms with E-state index in [1.165, 1.54) is 39.1 Å². The summed E-state index contributed by atoms with van der Waals surface area (Å²) in [6.07, 6.45) is 0. The van der Waals surface area contributed by atoms with E-state index < -0.39 is 0 Å². The number of nitrogens with one attached hydrogen (secondary N) is 1. The standard InChI is InChI=1S/C31H45N/c1-26(2)20-15-14-19(18-22(20)28(5,6)30(26,9)10)24-23(32-13)17-16-21-25(24)29(7,8)31(11,12)27(21,3)4/h14-18,32H,1-13H3. The third-order valence-corrected chi connectivity index (χ3v) is 11.7. The summed E-state index contributed by atoms with van der Waals surface area (Å²) in [6.45, 7) is 29.3. The SMILES string of the molecule is CNc1ccc2c(c1-c1ccc3c(c1)C(C)(C)C(C)(C)C3(C)C)C(C)(C)C(C)(C)C2(C)C. The van der Waals surface area contributed by atoms with E-state index in [1.807, 2.05) is 0 Å².